The van der Waals surface area contributed by atoms with Crippen molar-refractivity contribution >= 4 is 0 Å². The van der Waals surface area contributed by atoms with Gasteiger partial charge in [-0.25, -0.2) is 0 Å². The van der Waals surface area contributed by atoms with Crippen LogP contribution >= 0.6 is 0 Å². The fourth-order valence-corrected chi connectivity index (χ4v) is 0.681. The quantitative estimate of drug-likeness (QED) is 0.546. The highest BCUT2D eigenvalue weighted by Crippen LogP contribution is 2.12. The summed E-state index contributed by atoms with van der Waals surface area (Å²) in [5.41, 5.74) is 0.709. The first kappa shape index (κ1) is 9.23. The maximum absolute atomic E-state index is 8.37. The van der Waals surface area contributed by atoms with Crippen molar-refractivity contribution < 1.29 is 0 Å². The monoisotopic (exact) mass is 137 g/mol. The number of allylic oxidation sites excluding steroid dienone is 1. The Hall–Kier alpha value is -0.770. The molecular weight excluding hydrogens is 122 g/mol. The van der Waals surface area contributed by atoms with Gasteiger partial charge in [0, 0.05) is 5.57 Å². The third-order valence-corrected chi connectivity index (χ3v) is 1.79. The lowest BCUT2D eigenvalue weighted by Crippen LogP contribution is -1.91. The van der Waals surface area contributed by atoms with Gasteiger partial charge in [-0.1, -0.05) is 26.8 Å². The van der Waals surface area contributed by atoms with Gasteiger partial charge in [0.2, 0.25) is 0 Å². The molecule has 0 unspecified atom stereocenters. The van der Waals surface area contributed by atoms with Crippen molar-refractivity contribution in [2.75, 3.05) is 0 Å². The van der Waals surface area contributed by atoms with Gasteiger partial charge in [0.25, 0.3) is 0 Å². The lowest BCUT2D eigenvalue weighted by molar-refractivity contribution is 0.518. The highest BCUT2D eigenvalue weighted by molar-refractivity contribution is 5.15. The van der Waals surface area contributed by atoms with Crippen LogP contribution in [0.15, 0.2) is 12.2 Å². The highest BCUT2D eigenvalue weighted by Gasteiger charge is 1.98. The van der Waals surface area contributed by atoms with E-state index in [1.165, 1.54) is 6.42 Å². The lowest BCUT2D eigenvalue weighted by Gasteiger charge is -2.05. The fraction of sp³-hybridized carbons (Fsp3) is 0.667. The summed E-state index contributed by atoms with van der Waals surface area (Å²) in [7, 11) is 0. The van der Waals surface area contributed by atoms with E-state index in [-0.39, 0.29) is 0 Å². The molecule has 0 aromatic rings. The Bertz CT molecular complexity index is 141. The summed E-state index contributed by atoms with van der Waals surface area (Å²) in [4.78, 5) is 0. The van der Waals surface area contributed by atoms with Crippen LogP contribution < -0.4 is 0 Å². The van der Waals surface area contributed by atoms with E-state index < -0.39 is 0 Å². The molecule has 0 amide bonds. The molecule has 0 aromatic heterocycles. The summed E-state index contributed by atoms with van der Waals surface area (Å²) in [5, 5.41) is 8.37. The molecule has 0 aliphatic rings. The van der Waals surface area contributed by atoms with Crippen LogP contribution in [0.4, 0.5) is 0 Å². The molecule has 1 atom stereocenters. The van der Waals surface area contributed by atoms with E-state index in [2.05, 4.69) is 20.4 Å². The number of nitriles is 1. The van der Waals surface area contributed by atoms with E-state index in [0.29, 0.717) is 5.57 Å². The van der Waals surface area contributed by atoms with E-state index in [4.69, 9.17) is 5.26 Å². The van der Waals surface area contributed by atoms with Gasteiger partial charge in [0.1, 0.15) is 0 Å². The third kappa shape index (κ3) is 4.14. The topological polar surface area (TPSA) is 23.8 Å². The predicted octanol–water partition coefficient (Wildman–Crippen LogP) is 2.89. The van der Waals surface area contributed by atoms with Crippen LogP contribution in [0.3, 0.4) is 0 Å². The minimum absolute atomic E-state index is 0.709. The van der Waals surface area contributed by atoms with Gasteiger partial charge >= 0.3 is 0 Å². The number of nitrogens with zero attached hydrogens (tertiary/aromatic N) is 1. The third-order valence-electron chi connectivity index (χ3n) is 1.79. The molecule has 0 N–H and O–H groups in total. The van der Waals surface area contributed by atoms with Crippen molar-refractivity contribution in [3.05, 3.63) is 12.2 Å². The summed E-state index contributed by atoms with van der Waals surface area (Å²) in [6.45, 7) is 7.98. The van der Waals surface area contributed by atoms with E-state index in [1.807, 2.05) is 6.07 Å². The zero-order valence-corrected chi connectivity index (χ0v) is 6.85. The number of hydrogen-bond acceptors (Lipinski definition) is 1. The molecule has 0 rings (SSSR count). The van der Waals surface area contributed by atoms with Crippen LogP contribution in [0, 0.1) is 17.2 Å². The molecule has 10 heavy (non-hydrogen) atoms. The second-order valence-corrected chi connectivity index (χ2v) is 2.77. The van der Waals surface area contributed by atoms with Crippen LogP contribution in [0.5, 0.6) is 0 Å². The Morgan fingerprint density at radius 2 is 2.30 bits per heavy atom. The highest BCUT2D eigenvalue weighted by atomic mass is 14.2. The first-order chi connectivity index (χ1) is 4.70. The largest absolute Gasteiger partial charge is 0.193 e. The molecule has 0 aliphatic heterocycles. The maximum atomic E-state index is 8.37. The van der Waals surface area contributed by atoms with E-state index in [0.717, 1.165) is 18.8 Å². The Morgan fingerprint density at radius 1 is 1.70 bits per heavy atom. The van der Waals surface area contributed by atoms with Gasteiger partial charge in [0.15, 0.2) is 0 Å². The average molecular weight is 137 g/mol. The second-order valence-electron chi connectivity index (χ2n) is 2.77. The molecule has 0 radical (unpaired) electrons. The molecule has 0 aromatic carbocycles. The summed E-state index contributed by atoms with van der Waals surface area (Å²) in [6.07, 6.45) is 3.16. The first-order valence-corrected chi connectivity index (χ1v) is 3.78. The lowest BCUT2D eigenvalue weighted by atomic mass is 10.0. The molecule has 0 heterocycles. The van der Waals surface area contributed by atoms with Crippen LogP contribution in [-0.2, 0) is 0 Å². The van der Waals surface area contributed by atoms with Gasteiger partial charge in [-0.3, -0.25) is 0 Å². The van der Waals surface area contributed by atoms with Crippen molar-refractivity contribution in [3.8, 4) is 6.07 Å². The molecular formula is C9H15N. The van der Waals surface area contributed by atoms with Gasteiger partial charge in [0.05, 0.1) is 6.07 Å². The molecule has 0 saturated heterocycles. The molecule has 0 aliphatic carbocycles. The zero-order chi connectivity index (χ0) is 7.98. The standard InChI is InChI=1S/C9H15N/c1-4-8(2)5-6-9(3)7-10/h8H,3-6H2,1-2H3/t8-/m1/s1. The summed E-state index contributed by atoms with van der Waals surface area (Å²) >= 11 is 0. The molecule has 0 saturated carbocycles. The van der Waals surface area contributed by atoms with Crippen LogP contribution in [0.1, 0.15) is 33.1 Å². The molecule has 1 nitrogen and oxygen atoms in total. The number of rotatable bonds is 4. The normalized spacial score (nSPS) is 12.1. The van der Waals surface area contributed by atoms with Gasteiger partial charge in [-0.2, -0.15) is 5.26 Å². The van der Waals surface area contributed by atoms with Gasteiger partial charge in [-0.05, 0) is 18.8 Å². The summed E-state index contributed by atoms with van der Waals surface area (Å²) in [5.74, 6) is 0.727. The minimum Gasteiger partial charge on any atom is -0.193 e. The molecule has 0 bridgehead atoms. The molecule has 0 fully saturated rings. The Kier molecular flexibility index (Phi) is 4.66. The van der Waals surface area contributed by atoms with Gasteiger partial charge < -0.3 is 0 Å². The number of hydrogen-bond donors (Lipinski definition) is 0. The van der Waals surface area contributed by atoms with E-state index >= 15 is 0 Å². The van der Waals surface area contributed by atoms with Crippen LogP contribution in [0.25, 0.3) is 0 Å². The van der Waals surface area contributed by atoms with E-state index in [9.17, 15) is 0 Å². The van der Waals surface area contributed by atoms with Crippen molar-refractivity contribution in [1.82, 2.24) is 0 Å². The second kappa shape index (κ2) is 5.05. The Morgan fingerprint density at radius 3 is 2.70 bits per heavy atom. The smallest absolute Gasteiger partial charge is 0.0940 e. The van der Waals surface area contributed by atoms with Crippen molar-refractivity contribution in [2.24, 2.45) is 5.92 Å². The first-order valence-electron chi connectivity index (χ1n) is 3.78. The SMILES string of the molecule is C=C(C#N)CC[C@H](C)CC. The van der Waals surface area contributed by atoms with Crippen molar-refractivity contribution in [3.63, 3.8) is 0 Å². The Labute approximate surface area is 63.4 Å². The minimum atomic E-state index is 0.709. The molecule has 56 valence electrons. The van der Waals surface area contributed by atoms with E-state index in [1.54, 1.807) is 0 Å². The van der Waals surface area contributed by atoms with Gasteiger partial charge in [-0.15, -0.1) is 0 Å². The summed E-state index contributed by atoms with van der Waals surface area (Å²) < 4.78 is 0. The van der Waals surface area contributed by atoms with Crippen LogP contribution in [0.2, 0.25) is 0 Å². The summed E-state index contributed by atoms with van der Waals surface area (Å²) in [6, 6.07) is 2.05. The maximum Gasteiger partial charge on any atom is 0.0940 e. The predicted molar refractivity (Wildman–Crippen MR) is 43.4 cm³/mol. The zero-order valence-electron chi connectivity index (χ0n) is 6.85. The Balaban J connectivity index is 3.37. The molecule has 1 heteroatoms. The fourth-order valence-electron chi connectivity index (χ4n) is 0.681. The van der Waals surface area contributed by atoms with Crippen LogP contribution in [-0.4, -0.2) is 0 Å². The average Bonchev–Trinajstić information content (AvgIpc) is 1.99. The molecule has 0 spiro atoms. The van der Waals surface area contributed by atoms with Crippen molar-refractivity contribution in [1.29, 1.82) is 5.26 Å². The van der Waals surface area contributed by atoms with Crippen molar-refractivity contribution in [2.45, 2.75) is 33.1 Å².